The number of ether oxygens (including phenoxy) is 1. The van der Waals surface area contributed by atoms with Crippen LogP contribution in [0.5, 0.6) is 0 Å². The van der Waals surface area contributed by atoms with Crippen molar-refractivity contribution in [1.29, 1.82) is 0 Å². The minimum atomic E-state index is -0.665. The van der Waals surface area contributed by atoms with E-state index in [1.165, 1.54) is 12.6 Å². The molecule has 0 spiro atoms. The zero-order chi connectivity index (χ0) is 15.1. The fraction of sp³-hybridized carbons (Fsp3) is 0.214. The van der Waals surface area contributed by atoms with E-state index in [9.17, 15) is 4.79 Å². The van der Waals surface area contributed by atoms with Crippen LogP contribution in [0.25, 0.3) is 0 Å². The van der Waals surface area contributed by atoms with Crippen LogP contribution in [0.3, 0.4) is 0 Å². The highest BCUT2D eigenvalue weighted by Gasteiger charge is 2.11. The van der Waals surface area contributed by atoms with Crippen molar-refractivity contribution in [3.63, 3.8) is 0 Å². The molecule has 0 atom stereocenters. The third-order valence-corrected chi connectivity index (χ3v) is 2.66. The van der Waals surface area contributed by atoms with Crippen molar-refractivity contribution >= 4 is 23.9 Å². The summed E-state index contributed by atoms with van der Waals surface area (Å²) in [4.78, 5) is 15.2. The summed E-state index contributed by atoms with van der Waals surface area (Å²) in [5.74, 6) is 0.478. The minimum Gasteiger partial charge on any atom is -0.483 e. The Morgan fingerprint density at radius 2 is 2.24 bits per heavy atom. The summed E-state index contributed by atoms with van der Waals surface area (Å²) in [6, 6.07) is 9.15. The van der Waals surface area contributed by atoms with Gasteiger partial charge in [-0.05, 0) is 12.5 Å². The lowest BCUT2D eigenvalue weighted by Crippen LogP contribution is -2.19. The predicted molar refractivity (Wildman–Crippen MR) is 80.8 cm³/mol. The number of anilines is 1. The first-order valence-corrected chi connectivity index (χ1v) is 6.51. The summed E-state index contributed by atoms with van der Waals surface area (Å²) in [5, 5.41) is 6.71. The van der Waals surface area contributed by atoms with Crippen LogP contribution in [0, 0.1) is 0 Å². The molecule has 2 rings (SSSR count). The van der Waals surface area contributed by atoms with Crippen molar-refractivity contribution in [1.82, 2.24) is 9.78 Å². The molecular formula is C14H17N5O2. The maximum Gasteiger partial charge on any atom is 0.316 e. The van der Waals surface area contributed by atoms with Gasteiger partial charge in [0, 0.05) is 0 Å². The molecule has 2 amide bonds. The molecule has 0 bridgehead atoms. The average molecular weight is 287 g/mol. The molecule has 1 aromatic heterocycles. The number of rotatable bonds is 6. The molecule has 21 heavy (non-hydrogen) atoms. The van der Waals surface area contributed by atoms with Gasteiger partial charge >= 0.3 is 6.03 Å². The lowest BCUT2D eigenvalue weighted by molar-refractivity contribution is 0.259. The number of carbonyl (C=O) groups excluding carboxylic acids is 1. The molecule has 2 aromatic rings. The summed E-state index contributed by atoms with van der Waals surface area (Å²) in [7, 11) is 0. The number of amides is 2. The van der Waals surface area contributed by atoms with Crippen molar-refractivity contribution in [2.75, 3.05) is 11.9 Å². The van der Waals surface area contributed by atoms with E-state index in [-0.39, 0.29) is 0 Å². The van der Waals surface area contributed by atoms with E-state index >= 15 is 0 Å². The number of carbonyl (C=O) groups is 1. The van der Waals surface area contributed by atoms with Crippen LogP contribution in [0.2, 0.25) is 0 Å². The van der Waals surface area contributed by atoms with Crippen molar-refractivity contribution < 1.29 is 9.53 Å². The first kappa shape index (κ1) is 14.6. The van der Waals surface area contributed by atoms with Gasteiger partial charge in [-0.2, -0.15) is 10.1 Å². The molecule has 0 fully saturated rings. The van der Waals surface area contributed by atoms with Crippen LogP contribution in [-0.2, 0) is 11.3 Å². The van der Waals surface area contributed by atoms with E-state index in [4.69, 9.17) is 10.5 Å². The van der Waals surface area contributed by atoms with Crippen LogP contribution in [-0.4, -0.2) is 28.8 Å². The third-order valence-electron chi connectivity index (χ3n) is 2.66. The van der Waals surface area contributed by atoms with Gasteiger partial charge in [0.05, 0.1) is 19.3 Å². The highest BCUT2D eigenvalue weighted by molar-refractivity contribution is 5.90. The topological polar surface area (TPSA) is 94.5 Å². The highest BCUT2D eigenvalue weighted by atomic mass is 16.5. The number of nitrogens with one attached hydrogen (secondary N) is 1. The van der Waals surface area contributed by atoms with Gasteiger partial charge in [-0.15, -0.1) is 0 Å². The van der Waals surface area contributed by atoms with Gasteiger partial charge in [-0.3, -0.25) is 0 Å². The second-order valence-electron chi connectivity index (χ2n) is 4.20. The van der Waals surface area contributed by atoms with Crippen LogP contribution in [0.4, 0.5) is 16.3 Å². The first-order valence-electron chi connectivity index (χ1n) is 6.51. The van der Waals surface area contributed by atoms with Gasteiger partial charge in [0.1, 0.15) is 5.69 Å². The third kappa shape index (κ3) is 4.07. The van der Waals surface area contributed by atoms with Crippen molar-refractivity contribution in [2.45, 2.75) is 13.5 Å². The van der Waals surface area contributed by atoms with Gasteiger partial charge in [0.15, 0.2) is 12.2 Å². The van der Waals surface area contributed by atoms with Crippen LogP contribution in [0.15, 0.2) is 41.5 Å². The maximum atomic E-state index is 11.0. The van der Waals surface area contributed by atoms with Gasteiger partial charge in [-0.25, -0.2) is 9.48 Å². The number of nitrogens with zero attached hydrogens (tertiary/aromatic N) is 3. The number of urea groups is 1. The van der Waals surface area contributed by atoms with Crippen LogP contribution in [0.1, 0.15) is 12.5 Å². The Balaban J connectivity index is 2.27. The smallest absolute Gasteiger partial charge is 0.316 e. The van der Waals surface area contributed by atoms with E-state index in [2.05, 4.69) is 15.4 Å². The van der Waals surface area contributed by atoms with E-state index in [0.29, 0.717) is 24.7 Å². The number of nitrogens with two attached hydrogens (primary N) is 1. The molecule has 0 saturated carbocycles. The fourth-order valence-corrected chi connectivity index (χ4v) is 1.77. The second-order valence-corrected chi connectivity index (χ2v) is 4.20. The lowest BCUT2D eigenvalue weighted by Gasteiger charge is -2.06. The normalized spacial score (nSPS) is 10.7. The van der Waals surface area contributed by atoms with Crippen LogP contribution < -0.4 is 11.1 Å². The van der Waals surface area contributed by atoms with Gasteiger partial charge < -0.3 is 15.8 Å². The molecule has 0 aliphatic heterocycles. The summed E-state index contributed by atoms with van der Waals surface area (Å²) in [6.07, 6.45) is 2.83. The molecule has 0 aliphatic carbocycles. The first-order chi connectivity index (χ1) is 10.2. The number of hydrogen-bond acceptors (Lipinski definition) is 4. The molecule has 7 nitrogen and oxygen atoms in total. The molecule has 0 unspecified atom stereocenters. The van der Waals surface area contributed by atoms with E-state index < -0.39 is 6.03 Å². The molecule has 1 heterocycles. The van der Waals surface area contributed by atoms with Crippen molar-refractivity contribution in [2.24, 2.45) is 10.7 Å². The van der Waals surface area contributed by atoms with Gasteiger partial charge in [0.25, 0.3) is 0 Å². The maximum absolute atomic E-state index is 11.0. The van der Waals surface area contributed by atoms with E-state index in [0.717, 1.165) is 5.56 Å². The Labute approximate surface area is 122 Å². The Morgan fingerprint density at radius 3 is 2.90 bits per heavy atom. The fourth-order valence-electron chi connectivity index (χ4n) is 1.77. The molecule has 0 radical (unpaired) electrons. The summed E-state index contributed by atoms with van der Waals surface area (Å²) in [6.45, 7) is 2.89. The second kappa shape index (κ2) is 7.09. The SMILES string of the molecule is CCO/C=N\c1c(NC(N)=O)cnn1Cc1ccccc1. The number of aromatic nitrogens is 2. The van der Waals surface area contributed by atoms with E-state index in [1.54, 1.807) is 4.68 Å². The summed E-state index contributed by atoms with van der Waals surface area (Å²) < 4.78 is 6.76. The van der Waals surface area contributed by atoms with E-state index in [1.807, 2.05) is 37.3 Å². The molecule has 0 saturated heterocycles. The predicted octanol–water partition coefficient (Wildman–Crippen LogP) is 2.12. The zero-order valence-corrected chi connectivity index (χ0v) is 11.7. The molecule has 110 valence electrons. The molecule has 0 aliphatic rings. The van der Waals surface area contributed by atoms with Crippen molar-refractivity contribution in [3.8, 4) is 0 Å². The highest BCUT2D eigenvalue weighted by Crippen LogP contribution is 2.25. The summed E-state index contributed by atoms with van der Waals surface area (Å²) in [5.41, 5.74) is 6.65. The number of hydrogen-bond donors (Lipinski definition) is 2. The minimum absolute atomic E-state index is 0.439. The molecule has 3 N–H and O–H groups in total. The molecule has 1 aromatic carbocycles. The molecule has 7 heteroatoms. The molecular weight excluding hydrogens is 270 g/mol. The standard InChI is InChI=1S/C14H17N5O2/c1-2-21-10-16-13-12(18-14(15)20)8-17-19(13)9-11-6-4-3-5-7-11/h3-8,10H,2,9H2,1H3,(H3,15,18,20)/b16-10-. The largest absolute Gasteiger partial charge is 0.483 e. The Morgan fingerprint density at radius 1 is 1.48 bits per heavy atom. The number of aliphatic imine (C=N–C) groups is 1. The summed E-state index contributed by atoms with van der Waals surface area (Å²) >= 11 is 0. The zero-order valence-electron chi connectivity index (χ0n) is 11.7. The number of primary amides is 1. The lowest BCUT2D eigenvalue weighted by atomic mass is 10.2. The van der Waals surface area contributed by atoms with Gasteiger partial charge in [-0.1, -0.05) is 30.3 Å². The quantitative estimate of drug-likeness (QED) is 0.629. The Kier molecular flexibility index (Phi) is 4.92. The number of benzene rings is 1. The van der Waals surface area contributed by atoms with Crippen molar-refractivity contribution in [3.05, 3.63) is 42.1 Å². The monoisotopic (exact) mass is 287 g/mol. The Hall–Kier alpha value is -2.83. The average Bonchev–Trinajstić information content (AvgIpc) is 2.82. The van der Waals surface area contributed by atoms with Gasteiger partial charge in [0.2, 0.25) is 0 Å². The van der Waals surface area contributed by atoms with Crippen LogP contribution >= 0.6 is 0 Å². The Bertz CT molecular complexity index is 622.